The van der Waals surface area contributed by atoms with E-state index in [9.17, 15) is 9.18 Å². The Morgan fingerprint density at radius 3 is 2.88 bits per heavy atom. The molecule has 0 bridgehead atoms. The number of nitrogens with zero attached hydrogens (tertiary/aromatic N) is 4. The lowest BCUT2D eigenvalue weighted by Crippen LogP contribution is -2.51. The largest absolute Gasteiger partial charge is 0.372 e. The SMILES string of the molecule is Cc1cc(N2CCO[C@H]3CN(C(=O)c4ccnc(F)c4)C[C@@H]32)ccn1. The van der Waals surface area contributed by atoms with Crippen molar-refractivity contribution >= 4 is 11.6 Å². The maximum atomic E-state index is 13.3. The number of aromatic nitrogens is 2. The number of carbonyl (C=O) groups is 1. The highest BCUT2D eigenvalue weighted by molar-refractivity contribution is 5.94. The second kappa shape index (κ2) is 6.40. The predicted octanol–water partition coefficient (Wildman–Crippen LogP) is 1.65. The van der Waals surface area contributed by atoms with Gasteiger partial charge in [-0.1, -0.05) is 0 Å². The van der Waals surface area contributed by atoms with Crippen LogP contribution in [0, 0.1) is 12.9 Å². The van der Waals surface area contributed by atoms with E-state index in [2.05, 4.69) is 14.9 Å². The van der Waals surface area contributed by atoms with Gasteiger partial charge in [0.25, 0.3) is 5.91 Å². The second-order valence-electron chi connectivity index (χ2n) is 6.40. The molecule has 6 nitrogen and oxygen atoms in total. The van der Waals surface area contributed by atoms with Crippen LogP contribution in [0.2, 0.25) is 0 Å². The lowest BCUT2D eigenvalue weighted by molar-refractivity contribution is 0.0302. The van der Waals surface area contributed by atoms with Crippen molar-refractivity contribution in [3.8, 4) is 0 Å². The zero-order valence-electron chi connectivity index (χ0n) is 13.9. The summed E-state index contributed by atoms with van der Waals surface area (Å²) in [7, 11) is 0. The lowest BCUT2D eigenvalue weighted by Gasteiger charge is -2.38. The van der Waals surface area contributed by atoms with Gasteiger partial charge in [-0.2, -0.15) is 4.39 Å². The molecule has 0 N–H and O–H groups in total. The van der Waals surface area contributed by atoms with Crippen LogP contribution in [-0.2, 0) is 4.74 Å². The molecular formula is C18H19FN4O2. The van der Waals surface area contributed by atoms with E-state index in [0.717, 1.165) is 17.9 Å². The molecule has 2 aromatic rings. The van der Waals surface area contributed by atoms with Gasteiger partial charge in [-0.3, -0.25) is 9.78 Å². The number of likely N-dealkylation sites (tertiary alicyclic amines) is 1. The van der Waals surface area contributed by atoms with E-state index in [1.54, 1.807) is 11.1 Å². The van der Waals surface area contributed by atoms with Gasteiger partial charge in [0.15, 0.2) is 0 Å². The molecule has 2 aliphatic heterocycles. The van der Waals surface area contributed by atoms with Gasteiger partial charge in [-0.25, -0.2) is 4.98 Å². The van der Waals surface area contributed by atoms with Gasteiger partial charge in [-0.05, 0) is 25.1 Å². The van der Waals surface area contributed by atoms with Gasteiger partial charge >= 0.3 is 0 Å². The Hall–Kier alpha value is -2.54. The second-order valence-corrected chi connectivity index (χ2v) is 6.40. The van der Waals surface area contributed by atoms with Crippen LogP contribution in [0.25, 0.3) is 0 Å². The molecule has 2 fully saturated rings. The first-order valence-electron chi connectivity index (χ1n) is 8.33. The molecule has 0 unspecified atom stereocenters. The van der Waals surface area contributed by atoms with Crippen LogP contribution >= 0.6 is 0 Å². The van der Waals surface area contributed by atoms with Crippen molar-refractivity contribution in [3.63, 3.8) is 0 Å². The first-order chi connectivity index (χ1) is 12.1. The van der Waals surface area contributed by atoms with E-state index in [0.29, 0.717) is 25.3 Å². The lowest BCUT2D eigenvalue weighted by atomic mass is 10.1. The standard InChI is InChI=1S/C18H19FN4O2/c1-12-8-14(3-5-20-12)23-6-7-25-16-11-22(10-15(16)23)18(24)13-2-4-21-17(19)9-13/h2-5,8-9,15-16H,6-7,10-11H2,1H3/t15-,16-/m0/s1. The van der Waals surface area contributed by atoms with E-state index in [4.69, 9.17) is 4.74 Å². The van der Waals surface area contributed by atoms with Gasteiger partial charge in [-0.15, -0.1) is 0 Å². The van der Waals surface area contributed by atoms with Crippen LogP contribution in [0.3, 0.4) is 0 Å². The van der Waals surface area contributed by atoms with Crippen molar-refractivity contribution < 1.29 is 13.9 Å². The number of ether oxygens (including phenoxy) is 1. The smallest absolute Gasteiger partial charge is 0.254 e. The molecule has 2 saturated heterocycles. The Kier molecular flexibility index (Phi) is 4.09. The van der Waals surface area contributed by atoms with Crippen molar-refractivity contribution in [2.24, 2.45) is 0 Å². The molecule has 7 heteroatoms. The fourth-order valence-corrected chi connectivity index (χ4v) is 3.60. The van der Waals surface area contributed by atoms with E-state index >= 15 is 0 Å². The molecule has 2 aromatic heterocycles. The number of anilines is 1. The minimum absolute atomic E-state index is 0.0437. The number of carbonyl (C=O) groups excluding carboxylic acids is 1. The molecule has 2 atom stereocenters. The third kappa shape index (κ3) is 3.07. The van der Waals surface area contributed by atoms with Crippen molar-refractivity contribution in [2.45, 2.75) is 19.1 Å². The fraction of sp³-hybridized carbons (Fsp3) is 0.389. The summed E-state index contributed by atoms with van der Waals surface area (Å²) >= 11 is 0. The molecule has 1 amide bonds. The quantitative estimate of drug-likeness (QED) is 0.777. The number of halogens is 1. The average molecular weight is 342 g/mol. The molecule has 4 rings (SSSR count). The van der Waals surface area contributed by atoms with Crippen LogP contribution < -0.4 is 4.90 Å². The predicted molar refractivity (Wildman–Crippen MR) is 89.9 cm³/mol. The van der Waals surface area contributed by atoms with Crippen LogP contribution in [0.5, 0.6) is 0 Å². The Bertz CT molecular complexity index is 800. The summed E-state index contributed by atoms with van der Waals surface area (Å²) in [5.41, 5.74) is 2.37. The van der Waals surface area contributed by atoms with Gasteiger partial charge in [0.1, 0.15) is 0 Å². The van der Waals surface area contributed by atoms with Crippen molar-refractivity contribution in [2.75, 3.05) is 31.1 Å². The zero-order valence-corrected chi connectivity index (χ0v) is 13.9. The number of rotatable bonds is 2. The number of hydrogen-bond donors (Lipinski definition) is 0. The number of aryl methyl sites for hydroxylation is 1. The van der Waals surface area contributed by atoms with Crippen molar-refractivity contribution in [3.05, 3.63) is 53.9 Å². The minimum atomic E-state index is -0.646. The number of hydrogen-bond acceptors (Lipinski definition) is 5. The van der Waals surface area contributed by atoms with Gasteiger partial charge in [0.2, 0.25) is 5.95 Å². The summed E-state index contributed by atoms with van der Waals surface area (Å²) in [5, 5.41) is 0. The topological polar surface area (TPSA) is 58.6 Å². The maximum absolute atomic E-state index is 13.3. The normalized spacial score (nSPS) is 22.8. The number of fused-ring (bicyclic) bond motifs is 1. The molecule has 0 radical (unpaired) electrons. The summed E-state index contributed by atoms with van der Waals surface area (Å²) in [4.78, 5) is 24.5. The molecule has 0 aromatic carbocycles. The molecule has 0 aliphatic carbocycles. The van der Waals surface area contributed by atoms with Crippen molar-refractivity contribution in [1.82, 2.24) is 14.9 Å². The van der Waals surface area contributed by atoms with Crippen LogP contribution in [0.15, 0.2) is 36.7 Å². The monoisotopic (exact) mass is 342 g/mol. The Morgan fingerprint density at radius 1 is 1.24 bits per heavy atom. The van der Waals surface area contributed by atoms with Crippen LogP contribution in [0.4, 0.5) is 10.1 Å². The third-order valence-corrected chi connectivity index (χ3v) is 4.77. The van der Waals surface area contributed by atoms with Crippen molar-refractivity contribution in [1.29, 1.82) is 0 Å². The third-order valence-electron chi connectivity index (χ3n) is 4.77. The van der Waals surface area contributed by atoms with Crippen LogP contribution in [-0.4, -0.2) is 59.2 Å². The average Bonchev–Trinajstić information content (AvgIpc) is 3.05. The summed E-state index contributed by atoms with van der Waals surface area (Å²) < 4.78 is 19.2. The first-order valence-corrected chi connectivity index (χ1v) is 8.33. The number of pyridine rings is 2. The number of amides is 1. The Morgan fingerprint density at radius 2 is 2.08 bits per heavy atom. The van der Waals surface area contributed by atoms with E-state index in [-0.39, 0.29) is 18.1 Å². The maximum Gasteiger partial charge on any atom is 0.254 e. The van der Waals surface area contributed by atoms with Gasteiger partial charge < -0.3 is 14.5 Å². The fourth-order valence-electron chi connectivity index (χ4n) is 3.60. The highest BCUT2D eigenvalue weighted by Crippen LogP contribution is 2.29. The molecular weight excluding hydrogens is 323 g/mol. The summed E-state index contributed by atoms with van der Waals surface area (Å²) in [6, 6.07) is 6.84. The molecule has 0 spiro atoms. The molecule has 0 saturated carbocycles. The van der Waals surface area contributed by atoms with E-state index < -0.39 is 5.95 Å². The van der Waals surface area contributed by atoms with Crippen LogP contribution in [0.1, 0.15) is 16.1 Å². The molecule has 130 valence electrons. The molecule has 2 aliphatic rings. The Balaban J connectivity index is 1.55. The zero-order chi connectivity index (χ0) is 17.4. The summed E-state index contributed by atoms with van der Waals surface area (Å²) in [6.07, 6.45) is 3.07. The highest BCUT2D eigenvalue weighted by atomic mass is 19.1. The molecule has 4 heterocycles. The first kappa shape index (κ1) is 16.0. The molecule has 25 heavy (non-hydrogen) atoms. The summed E-state index contributed by atoms with van der Waals surface area (Å²) in [6.45, 7) is 4.41. The highest BCUT2D eigenvalue weighted by Gasteiger charge is 2.42. The van der Waals surface area contributed by atoms with Gasteiger partial charge in [0, 0.05) is 55.0 Å². The van der Waals surface area contributed by atoms with E-state index in [1.165, 1.54) is 18.3 Å². The van der Waals surface area contributed by atoms with Gasteiger partial charge in [0.05, 0.1) is 18.8 Å². The Labute approximate surface area is 145 Å². The number of morpholine rings is 1. The minimum Gasteiger partial charge on any atom is -0.372 e. The van der Waals surface area contributed by atoms with E-state index in [1.807, 2.05) is 19.1 Å². The summed E-state index contributed by atoms with van der Waals surface area (Å²) in [5.74, 6) is -0.835.